The molecule has 2 aliphatic carbocycles. The first-order chi connectivity index (χ1) is 12.3. The SMILES string of the molecule is C=C1[C@@H](COCc2ccccc2)C2(CCCCC2)[C@@H]1c1ccccc1. The molecule has 25 heavy (non-hydrogen) atoms. The highest BCUT2D eigenvalue weighted by atomic mass is 16.5. The van der Waals surface area contributed by atoms with Gasteiger partial charge in [-0.1, -0.05) is 92.1 Å². The van der Waals surface area contributed by atoms with Crippen molar-refractivity contribution in [1.82, 2.24) is 0 Å². The number of hydrogen-bond acceptors (Lipinski definition) is 1. The summed E-state index contributed by atoms with van der Waals surface area (Å²) in [6, 6.07) is 21.5. The van der Waals surface area contributed by atoms with E-state index in [1.54, 1.807) is 0 Å². The van der Waals surface area contributed by atoms with Crippen molar-refractivity contribution in [2.24, 2.45) is 11.3 Å². The van der Waals surface area contributed by atoms with E-state index < -0.39 is 0 Å². The van der Waals surface area contributed by atoms with Crippen molar-refractivity contribution in [2.45, 2.75) is 44.6 Å². The molecule has 4 rings (SSSR count). The van der Waals surface area contributed by atoms with Crippen molar-refractivity contribution in [1.29, 1.82) is 0 Å². The molecular weight excluding hydrogens is 304 g/mol. The zero-order chi connectivity index (χ0) is 17.1. The van der Waals surface area contributed by atoms with Gasteiger partial charge >= 0.3 is 0 Å². The van der Waals surface area contributed by atoms with Crippen LogP contribution in [-0.4, -0.2) is 6.61 Å². The van der Waals surface area contributed by atoms with E-state index in [2.05, 4.69) is 67.2 Å². The molecule has 1 spiro atoms. The molecule has 130 valence electrons. The monoisotopic (exact) mass is 332 g/mol. The molecule has 2 aromatic carbocycles. The highest BCUT2D eigenvalue weighted by molar-refractivity contribution is 5.41. The van der Waals surface area contributed by atoms with Crippen LogP contribution in [0.2, 0.25) is 0 Å². The fourth-order valence-electron chi connectivity index (χ4n) is 5.23. The lowest BCUT2D eigenvalue weighted by atomic mass is 9.44. The Morgan fingerprint density at radius 3 is 2.20 bits per heavy atom. The zero-order valence-corrected chi connectivity index (χ0v) is 15.0. The minimum atomic E-state index is 0.382. The van der Waals surface area contributed by atoms with Crippen molar-refractivity contribution >= 4 is 0 Å². The van der Waals surface area contributed by atoms with Gasteiger partial charge in [-0.05, 0) is 29.4 Å². The lowest BCUT2D eigenvalue weighted by molar-refractivity contribution is -0.0376. The molecule has 0 radical (unpaired) electrons. The minimum Gasteiger partial charge on any atom is -0.376 e. The van der Waals surface area contributed by atoms with Crippen LogP contribution in [0.25, 0.3) is 0 Å². The van der Waals surface area contributed by atoms with Crippen LogP contribution in [0.1, 0.15) is 49.1 Å². The third kappa shape index (κ3) is 3.06. The van der Waals surface area contributed by atoms with Gasteiger partial charge in [0.25, 0.3) is 0 Å². The van der Waals surface area contributed by atoms with Crippen LogP contribution in [-0.2, 0) is 11.3 Å². The van der Waals surface area contributed by atoms with Crippen molar-refractivity contribution in [3.05, 3.63) is 83.9 Å². The van der Waals surface area contributed by atoms with Gasteiger partial charge in [-0.25, -0.2) is 0 Å². The van der Waals surface area contributed by atoms with Crippen molar-refractivity contribution in [2.75, 3.05) is 6.61 Å². The summed E-state index contributed by atoms with van der Waals surface area (Å²) in [7, 11) is 0. The maximum atomic E-state index is 6.14. The molecule has 2 saturated carbocycles. The van der Waals surface area contributed by atoms with Crippen LogP contribution in [0, 0.1) is 11.3 Å². The van der Waals surface area contributed by atoms with Gasteiger partial charge in [0, 0.05) is 11.8 Å². The van der Waals surface area contributed by atoms with Crippen LogP contribution in [0.3, 0.4) is 0 Å². The number of rotatable bonds is 5. The van der Waals surface area contributed by atoms with Gasteiger partial charge in [0.15, 0.2) is 0 Å². The summed E-state index contributed by atoms with van der Waals surface area (Å²) >= 11 is 0. The maximum Gasteiger partial charge on any atom is 0.0717 e. The van der Waals surface area contributed by atoms with Crippen molar-refractivity contribution in [3.63, 3.8) is 0 Å². The first-order valence-electron chi connectivity index (χ1n) is 9.66. The van der Waals surface area contributed by atoms with Crippen molar-refractivity contribution < 1.29 is 4.74 Å². The molecule has 0 N–H and O–H groups in total. The van der Waals surface area contributed by atoms with Gasteiger partial charge in [-0.15, -0.1) is 0 Å². The summed E-state index contributed by atoms with van der Waals surface area (Å²) in [4.78, 5) is 0. The van der Waals surface area contributed by atoms with E-state index >= 15 is 0 Å². The number of benzene rings is 2. The number of ether oxygens (including phenoxy) is 1. The molecule has 0 saturated heterocycles. The third-order valence-corrected chi connectivity index (χ3v) is 6.40. The first kappa shape index (κ1) is 16.6. The third-order valence-electron chi connectivity index (χ3n) is 6.40. The second kappa shape index (κ2) is 7.17. The fourth-order valence-corrected chi connectivity index (χ4v) is 5.23. The fraction of sp³-hybridized carbons (Fsp3) is 0.417. The molecule has 0 aromatic heterocycles. The summed E-state index contributed by atoms with van der Waals surface area (Å²) in [5, 5.41) is 0. The van der Waals surface area contributed by atoms with Crippen LogP contribution < -0.4 is 0 Å². The summed E-state index contributed by atoms with van der Waals surface area (Å²) < 4.78 is 6.14. The summed E-state index contributed by atoms with van der Waals surface area (Å²) in [5.41, 5.74) is 4.48. The highest BCUT2D eigenvalue weighted by Crippen LogP contribution is 2.66. The standard InChI is InChI=1S/C24H28O/c1-19-22(18-25-17-20-11-5-2-6-12-20)24(15-9-4-10-16-24)23(19)21-13-7-3-8-14-21/h2-3,5-8,11-14,22-23H,1,4,9-10,15-18H2/t22-,23+/m1/s1. The zero-order valence-electron chi connectivity index (χ0n) is 15.0. The predicted octanol–water partition coefficient (Wildman–Crippen LogP) is 6.12. The Hall–Kier alpha value is -1.86. The molecule has 2 fully saturated rings. The smallest absolute Gasteiger partial charge is 0.0717 e. The average Bonchev–Trinajstić information content (AvgIpc) is 2.68. The van der Waals surface area contributed by atoms with E-state index in [9.17, 15) is 0 Å². The molecule has 2 aliphatic rings. The van der Waals surface area contributed by atoms with Crippen LogP contribution >= 0.6 is 0 Å². The van der Waals surface area contributed by atoms with Gasteiger partial charge in [-0.2, -0.15) is 0 Å². The van der Waals surface area contributed by atoms with Gasteiger partial charge in [0.1, 0.15) is 0 Å². The highest BCUT2D eigenvalue weighted by Gasteiger charge is 2.57. The molecule has 1 nitrogen and oxygen atoms in total. The van der Waals surface area contributed by atoms with Gasteiger partial charge < -0.3 is 4.74 Å². The lowest BCUT2D eigenvalue weighted by Crippen LogP contribution is -2.52. The predicted molar refractivity (Wildman–Crippen MR) is 103 cm³/mol. The summed E-state index contributed by atoms with van der Waals surface area (Å²) in [6.45, 7) is 6.02. The second-order valence-electron chi connectivity index (χ2n) is 7.77. The van der Waals surface area contributed by atoms with Gasteiger partial charge in [-0.3, -0.25) is 0 Å². The quantitative estimate of drug-likeness (QED) is 0.599. The molecule has 0 heterocycles. The first-order valence-corrected chi connectivity index (χ1v) is 9.66. The molecule has 2 aromatic rings. The Morgan fingerprint density at radius 2 is 1.52 bits per heavy atom. The molecule has 0 aliphatic heterocycles. The summed E-state index contributed by atoms with van der Waals surface area (Å²) in [5.74, 6) is 1.04. The minimum absolute atomic E-state index is 0.382. The molecule has 1 heteroatoms. The normalized spacial score (nSPS) is 24.9. The second-order valence-corrected chi connectivity index (χ2v) is 7.77. The van der Waals surface area contributed by atoms with Crippen LogP contribution in [0.4, 0.5) is 0 Å². The van der Waals surface area contributed by atoms with Gasteiger partial charge in [0.2, 0.25) is 0 Å². The van der Waals surface area contributed by atoms with Crippen LogP contribution in [0.5, 0.6) is 0 Å². The van der Waals surface area contributed by atoms with E-state index in [-0.39, 0.29) is 0 Å². The van der Waals surface area contributed by atoms with E-state index in [4.69, 9.17) is 4.74 Å². The Labute approximate surface area is 151 Å². The number of hydrogen-bond donors (Lipinski definition) is 0. The molecule has 2 atom stereocenters. The lowest BCUT2D eigenvalue weighted by Gasteiger charge is -2.60. The molecule has 0 bridgehead atoms. The summed E-state index contributed by atoms with van der Waals surface area (Å²) in [6.07, 6.45) is 6.74. The van der Waals surface area contributed by atoms with E-state index in [0.717, 1.165) is 6.61 Å². The molecule has 0 amide bonds. The Kier molecular flexibility index (Phi) is 4.76. The Balaban J connectivity index is 1.48. The van der Waals surface area contributed by atoms with Gasteiger partial charge in [0.05, 0.1) is 13.2 Å². The van der Waals surface area contributed by atoms with Crippen LogP contribution in [0.15, 0.2) is 72.8 Å². The van der Waals surface area contributed by atoms with E-state index in [1.165, 1.54) is 48.8 Å². The molecular formula is C24H28O. The Morgan fingerprint density at radius 1 is 0.880 bits per heavy atom. The average molecular weight is 332 g/mol. The largest absolute Gasteiger partial charge is 0.376 e. The maximum absolute atomic E-state index is 6.14. The molecule has 0 unspecified atom stereocenters. The van der Waals surface area contributed by atoms with Crippen molar-refractivity contribution in [3.8, 4) is 0 Å². The Bertz CT molecular complexity index is 697. The van der Waals surface area contributed by atoms with E-state index in [1.807, 2.05) is 0 Å². The van der Waals surface area contributed by atoms with E-state index in [0.29, 0.717) is 23.9 Å². The topological polar surface area (TPSA) is 9.23 Å².